The zero-order valence-electron chi connectivity index (χ0n) is 14.9. The van der Waals surface area contributed by atoms with Gasteiger partial charge in [-0.3, -0.25) is 0 Å². The quantitative estimate of drug-likeness (QED) is 0.457. The molecule has 0 atom stereocenters. The Morgan fingerprint density at radius 1 is 1.00 bits per heavy atom. The third-order valence-corrected chi connectivity index (χ3v) is 4.02. The number of tetrazole rings is 1. The topological polar surface area (TPSA) is 115 Å². The first-order valence-corrected chi connectivity index (χ1v) is 8.56. The lowest BCUT2D eigenvalue weighted by atomic mass is 10.0. The molecular weight excluding hydrogens is 380 g/mol. The summed E-state index contributed by atoms with van der Waals surface area (Å²) in [5.41, 5.74) is 8.47. The van der Waals surface area contributed by atoms with Crippen molar-refractivity contribution in [2.75, 3.05) is 5.32 Å². The maximum atomic E-state index is 14.2. The van der Waals surface area contributed by atoms with Gasteiger partial charge in [0, 0.05) is 12.6 Å². The number of aromatic nitrogens is 5. The number of ether oxygens (including phenoxy) is 1. The van der Waals surface area contributed by atoms with Crippen molar-refractivity contribution < 1.29 is 13.5 Å². The lowest BCUT2D eigenvalue weighted by Gasteiger charge is -2.10. The molecule has 2 aromatic heterocycles. The average Bonchev–Trinajstić information content (AvgIpc) is 3.25. The van der Waals surface area contributed by atoms with Crippen LogP contribution in [0.5, 0.6) is 11.6 Å². The van der Waals surface area contributed by atoms with Crippen LogP contribution in [0.1, 0.15) is 5.56 Å². The molecule has 4 aromatic rings. The second kappa shape index (κ2) is 7.98. The Balaban J connectivity index is 1.62. The van der Waals surface area contributed by atoms with E-state index in [1.807, 2.05) is 30.3 Å². The number of halogens is 2. The number of H-pyrrole nitrogens is 1. The molecule has 8 nitrogen and oxygen atoms in total. The summed E-state index contributed by atoms with van der Waals surface area (Å²) in [5, 5.41) is 15.3. The van der Waals surface area contributed by atoms with E-state index in [1.54, 1.807) is 18.2 Å². The fraction of sp³-hybridized carbons (Fsp3) is 0.0526. The first kappa shape index (κ1) is 18.4. The van der Waals surface area contributed by atoms with Gasteiger partial charge in [-0.25, -0.2) is 8.78 Å². The van der Waals surface area contributed by atoms with Crippen LogP contribution in [0, 0.1) is 11.6 Å². The molecule has 146 valence electrons. The van der Waals surface area contributed by atoms with Crippen LogP contribution in [0.4, 0.5) is 20.5 Å². The molecule has 0 saturated heterocycles. The van der Waals surface area contributed by atoms with Crippen LogP contribution in [0.15, 0.2) is 54.6 Å². The third kappa shape index (κ3) is 4.17. The number of nitrogens with zero attached hydrogens (tertiary/aromatic N) is 4. The Hall–Kier alpha value is -3.92. The van der Waals surface area contributed by atoms with Crippen molar-refractivity contribution in [3.63, 3.8) is 0 Å². The first-order valence-electron chi connectivity index (χ1n) is 8.56. The van der Waals surface area contributed by atoms with Crippen LogP contribution in [0.2, 0.25) is 0 Å². The Bertz CT molecular complexity index is 1140. The van der Waals surface area contributed by atoms with Gasteiger partial charge >= 0.3 is 0 Å². The van der Waals surface area contributed by atoms with Crippen molar-refractivity contribution in [1.82, 2.24) is 25.6 Å². The van der Waals surface area contributed by atoms with Crippen LogP contribution in [0.25, 0.3) is 11.1 Å². The number of hydrogen-bond donors (Lipinski definition) is 3. The monoisotopic (exact) mass is 395 g/mol. The summed E-state index contributed by atoms with van der Waals surface area (Å²) in [7, 11) is 0. The summed E-state index contributed by atoms with van der Waals surface area (Å²) >= 11 is 0. The van der Waals surface area contributed by atoms with E-state index >= 15 is 0 Å². The average molecular weight is 395 g/mol. The highest BCUT2D eigenvalue weighted by atomic mass is 19.1. The molecule has 0 aliphatic carbocycles. The van der Waals surface area contributed by atoms with E-state index in [9.17, 15) is 8.78 Å². The fourth-order valence-electron chi connectivity index (χ4n) is 2.66. The normalized spacial score (nSPS) is 10.7. The summed E-state index contributed by atoms with van der Waals surface area (Å²) < 4.78 is 33.8. The molecule has 0 fully saturated rings. The van der Waals surface area contributed by atoms with Gasteiger partial charge in [-0.15, -0.1) is 5.10 Å². The van der Waals surface area contributed by atoms with Crippen LogP contribution in [0.3, 0.4) is 0 Å². The van der Waals surface area contributed by atoms with Gasteiger partial charge in [-0.1, -0.05) is 35.4 Å². The standard InChI is InChI=1S/C19H15F2N7O/c20-15-9-16(21)18(23-17(15)24-19-25-27-28-26-19)29-14-6-2-5-13(8-14)12-4-1-3-11(7-12)10-22/h1-9H,10,22H2,(H2,23,24,25,26,27,28). The van der Waals surface area contributed by atoms with Crippen LogP contribution < -0.4 is 15.8 Å². The Morgan fingerprint density at radius 3 is 2.55 bits per heavy atom. The lowest BCUT2D eigenvalue weighted by Crippen LogP contribution is -2.02. The largest absolute Gasteiger partial charge is 0.436 e. The van der Waals surface area contributed by atoms with Crippen molar-refractivity contribution in [2.45, 2.75) is 6.54 Å². The van der Waals surface area contributed by atoms with Crippen LogP contribution >= 0.6 is 0 Å². The van der Waals surface area contributed by atoms with Gasteiger partial charge in [-0.2, -0.15) is 10.2 Å². The van der Waals surface area contributed by atoms with Crippen molar-refractivity contribution in [2.24, 2.45) is 5.73 Å². The molecule has 0 bridgehead atoms. The van der Waals surface area contributed by atoms with E-state index in [0.29, 0.717) is 18.4 Å². The van der Waals surface area contributed by atoms with Crippen molar-refractivity contribution in [3.05, 3.63) is 71.8 Å². The van der Waals surface area contributed by atoms with Crippen molar-refractivity contribution in [3.8, 4) is 22.8 Å². The minimum absolute atomic E-state index is 0.0178. The molecule has 4 N–H and O–H groups in total. The molecular formula is C19H15F2N7O. The zero-order chi connectivity index (χ0) is 20.2. The summed E-state index contributed by atoms with van der Waals surface area (Å²) in [4.78, 5) is 3.85. The van der Waals surface area contributed by atoms with Gasteiger partial charge in [0.15, 0.2) is 17.5 Å². The van der Waals surface area contributed by atoms with Crippen LogP contribution in [-0.2, 0) is 6.54 Å². The smallest absolute Gasteiger partial charge is 0.268 e. The molecule has 29 heavy (non-hydrogen) atoms. The summed E-state index contributed by atoms with van der Waals surface area (Å²) in [5.74, 6) is -2.25. The number of anilines is 2. The predicted octanol–water partition coefficient (Wildman–Crippen LogP) is 3.53. The summed E-state index contributed by atoms with van der Waals surface area (Å²) in [6.07, 6.45) is 0. The molecule has 0 amide bonds. The highest BCUT2D eigenvalue weighted by Gasteiger charge is 2.15. The number of rotatable bonds is 6. The number of nitrogens with two attached hydrogens (primary N) is 1. The Labute approximate surface area is 163 Å². The highest BCUT2D eigenvalue weighted by molar-refractivity contribution is 5.66. The second-order valence-electron chi connectivity index (χ2n) is 6.00. The SMILES string of the molecule is NCc1cccc(-c2cccc(Oc3nc(Nc4nn[nH]n4)c(F)cc3F)c2)c1. The third-order valence-electron chi connectivity index (χ3n) is 4.02. The first-order chi connectivity index (χ1) is 14.1. The Kier molecular flexibility index (Phi) is 5.08. The van der Waals surface area contributed by atoms with E-state index in [2.05, 4.69) is 30.9 Å². The van der Waals surface area contributed by atoms with E-state index in [-0.39, 0.29) is 11.8 Å². The van der Waals surface area contributed by atoms with Crippen molar-refractivity contribution >= 4 is 11.8 Å². The van der Waals surface area contributed by atoms with Gasteiger partial charge in [0.25, 0.3) is 11.8 Å². The molecule has 4 rings (SSSR count). The van der Waals surface area contributed by atoms with Gasteiger partial charge in [0.05, 0.1) is 0 Å². The molecule has 0 saturated carbocycles. The second-order valence-corrected chi connectivity index (χ2v) is 6.00. The molecule has 0 aliphatic heterocycles. The zero-order valence-corrected chi connectivity index (χ0v) is 14.9. The maximum absolute atomic E-state index is 14.2. The molecule has 10 heteroatoms. The molecule has 0 aliphatic rings. The number of nitrogens with one attached hydrogen (secondary N) is 2. The predicted molar refractivity (Wildman–Crippen MR) is 101 cm³/mol. The Morgan fingerprint density at radius 2 is 1.79 bits per heavy atom. The number of pyridine rings is 1. The molecule has 2 heterocycles. The fourth-order valence-corrected chi connectivity index (χ4v) is 2.66. The van der Waals surface area contributed by atoms with E-state index < -0.39 is 17.5 Å². The van der Waals surface area contributed by atoms with E-state index in [4.69, 9.17) is 10.5 Å². The summed E-state index contributed by atoms with van der Waals surface area (Å²) in [6.45, 7) is 0.422. The number of hydrogen-bond acceptors (Lipinski definition) is 7. The van der Waals surface area contributed by atoms with Crippen molar-refractivity contribution in [1.29, 1.82) is 0 Å². The van der Waals surface area contributed by atoms with Gasteiger partial charge in [-0.05, 0) is 40.1 Å². The lowest BCUT2D eigenvalue weighted by molar-refractivity contribution is 0.418. The number of benzene rings is 2. The van der Waals surface area contributed by atoms with Gasteiger partial charge in [0.1, 0.15) is 5.75 Å². The minimum atomic E-state index is -0.948. The molecule has 0 spiro atoms. The number of aromatic amines is 1. The molecule has 0 unspecified atom stereocenters. The van der Waals surface area contributed by atoms with Gasteiger partial charge in [0.2, 0.25) is 0 Å². The van der Waals surface area contributed by atoms with E-state index in [0.717, 1.165) is 16.7 Å². The highest BCUT2D eigenvalue weighted by Crippen LogP contribution is 2.30. The van der Waals surface area contributed by atoms with E-state index in [1.165, 1.54) is 0 Å². The van der Waals surface area contributed by atoms with Crippen LogP contribution in [-0.4, -0.2) is 25.6 Å². The maximum Gasteiger partial charge on any atom is 0.268 e. The molecule has 2 aromatic carbocycles. The van der Waals surface area contributed by atoms with Gasteiger partial charge < -0.3 is 15.8 Å². The summed E-state index contributed by atoms with van der Waals surface area (Å²) in [6, 6.07) is 15.4. The molecule has 0 radical (unpaired) electrons. The minimum Gasteiger partial charge on any atom is -0.436 e.